The van der Waals surface area contributed by atoms with Crippen molar-refractivity contribution in [2.24, 2.45) is 7.05 Å². The van der Waals surface area contributed by atoms with E-state index in [9.17, 15) is 4.79 Å². The van der Waals surface area contributed by atoms with Crippen molar-refractivity contribution in [2.45, 2.75) is 0 Å². The molecule has 0 saturated heterocycles. The molecule has 0 radical (unpaired) electrons. The Balaban J connectivity index is 2.85. The minimum atomic E-state index is -0.453. The molecule has 0 aliphatic heterocycles. The van der Waals surface area contributed by atoms with Gasteiger partial charge in [-0.3, -0.25) is 9.48 Å². The molecule has 0 amide bonds. The molecular formula is C6H8N2O2. The number of aryl methyl sites for hydroxylation is 1. The molecule has 0 atom stereocenters. The summed E-state index contributed by atoms with van der Waals surface area (Å²) in [5.74, 6) is -0.298. The van der Waals surface area contributed by atoms with Gasteiger partial charge < -0.3 is 5.11 Å². The van der Waals surface area contributed by atoms with E-state index in [2.05, 4.69) is 5.10 Å². The quantitative estimate of drug-likeness (QED) is 0.568. The third-order valence-corrected chi connectivity index (χ3v) is 1.17. The second kappa shape index (κ2) is 2.62. The van der Waals surface area contributed by atoms with Gasteiger partial charge in [-0.2, -0.15) is 5.10 Å². The van der Waals surface area contributed by atoms with Crippen LogP contribution in [0.3, 0.4) is 0 Å². The Morgan fingerprint density at radius 2 is 2.60 bits per heavy atom. The first-order valence-corrected chi connectivity index (χ1v) is 2.86. The summed E-state index contributed by atoms with van der Waals surface area (Å²) in [4.78, 5) is 10.7. The second-order valence-corrected chi connectivity index (χ2v) is 1.98. The van der Waals surface area contributed by atoms with Crippen molar-refractivity contribution in [3.8, 4) is 0 Å². The van der Waals surface area contributed by atoms with Crippen molar-refractivity contribution in [1.29, 1.82) is 0 Å². The van der Waals surface area contributed by atoms with Crippen LogP contribution < -0.4 is 0 Å². The number of aliphatic hydroxyl groups excluding tert-OH is 1. The highest BCUT2D eigenvalue weighted by atomic mass is 16.3. The molecule has 1 aromatic heterocycles. The Morgan fingerprint density at radius 1 is 1.90 bits per heavy atom. The molecule has 0 aromatic carbocycles. The average Bonchev–Trinajstić information content (AvgIpc) is 2.34. The molecule has 0 saturated carbocycles. The summed E-state index contributed by atoms with van der Waals surface area (Å²) in [5.41, 5.74) is 0.449. The van der Waals surface area contributed by atoms with Crippen LogP contribution in [0.4, 0.5) is 0 Å². The normalized spacial score (nSPS) is 9.80. The van der Waals surface area contributed by atoms with Crippen LogP contribution in [0.2, 0.25) is 0 Å². The van der Waals surface area contributed by atoms with Crippen LogP contribution in [0.1, 0.15) is 10.4 Å². The maximum absolute atomic E-state index is 10.7. The van der Waals surface area contributed by atoms with Crippen LogP contribution in [0, 0.1) is 0 Å². The summed E-state index contributed by atoms with van der Waals surface area (Å²) < 4.78 is 1.52. The Kier molecular flexibility index (Phi) is 1.82. The molecule has 10 heavy (non-hydrogen) atoms. The molecule has 54 valence electrons. The number of hydrogen-bond donors (Lipinski definition) is 1. The lowest BCUT2D eigenvalue weighted by molar-refractivity contribution is 0.0903. The van der Waals surface area contributed by atoms with Gasteiger partial charge in [0, 0.05) is 13.2 Å². The molecule has 0 unspecified atom stereocenters. The van der Waals surface area contributed by atoms with Gasteiger partial charge in [-0.25, -0.2) is 0 Å². The Hall–Kier alpha value is -1.16. The maximum atomic E-state index is 10.7. The standard InChI is InChI=1S/C6H8N2O2/c1-8-3-5(2-7-8)6(10)4-9/h2-3,9H,4H2,1H3. The largest absolute Gasteiger partial charge is 0.388 e. The van der Waals surface area contributed by atoms with E-state index in [4.69, 9.17) is 5.11 Å². The van der Waals surface area contributed by atoms with Crippen LogP contribution in [0.25, 0.3) is 0 Å². The van der Waals surface area contributed by atoms with Crippen molar-refractivity contribution in [3.05, 3.63) is 18.0 Å². The number of ketones is 1. The summed E-state index contributed by atoms with van der Waals surface area (Å²) in [7, 11) is 1.72. The third-order valence-electron chi connectivity index (χ3n) is 1.17. The molecule has 0 aliphatic carbocycles. The van der Waals surface area contributed by atoms with E-state index in [0.29, 0.717) is 5.56 Å². The Bertz CT molecular complexity index is 242. The van der Waals surface area contributed by atoms with Gasteiger partial charge in [0.15, 0.2) is 5.78 Å². The summed E-state index contributed by atoms with van der Waals surface area (Å²) in [6, 6.07) is 0. The van der Waals surface area contributed by atoms with Gasteiger partial charge in [-0.05, 0) is 0 Å². The van der Waals surface area contributed by atoms with Crippen molar-refractivity contribution < 1.29 is 9.90 Å². The fraction of sp³-hybridized carbons (Fsp3) is 0.333. The number of Topliss-reactive ketones (excluding diaryl/α,β-unsaturated/α-hetero) is 1. The van der Waals surface area contributed by atoms with Gasteiger partial charge in [0.2, 0.25) is 0 Å². The van der Waals surface area contributed by atoms with Gasteiger partial charge in [-0.1, -0.05) is 0 Å². The number of carbonyl (C=O) groups excluding carboxylic acids is 1. The van der Waals surface area contributed by atoms with E-state index in [1.54, 1.807) is 13.2 Å². The first kappa shape index (κ1) is 6.95. The van der Waals surface area contributed by atoms with Crippen molar-refractivity contribution in [1.82, 2.24) is 9.78 Å². The van der Waals surface area contributed by atoms with E-state index < -0.39 is 6.61 Å². The van der Waals surface area contributed by atoms with Crippen molar-refractivity contribution in [2.75, 3.05) is 6.61 Å². The monoisotopic (exact) mass is 140 g/mol. The predicted molar refractivity (Wildman–Crippen MR) is 34.6 cm³/mol. The summed E-state index contributed by atoms with van der Waals surface area (Å²) in [6.45, 7) is -0.453. The second-order valence-electron chi connectivity index (χ2n) is 1.98. The van der Waals surface area contributed by atoms with E-state index in [-0.39, 0.29) is 5.78 Å². The molecule has 0 aliphatic rings. The average molecular weight is 140 g/mol. The number of aromatic nitrogens is 2. The SMILES string of the molecule is Cn1cc(C(=O)CO)cn1. The zero-order valence-corrected chi connectivity index (χ0v) is 5.61. The molecule has 4 heteroatoms. The third kappa shape index (κ3) is 1.22. The molecule has 1 heterocycles. The highest BCUT2D eigenvalue weighted by Gasteiger charge is 2.04. The summed E-state index contributed by atoms with van der Waals surface area (Å²) in [5, 5.41) is 12.2. The molecule has 0 fully saturated rings. The molecule has 0 spiro atoms. The summed E-state index contributed by atoms with van der Waals surface area (Å²) in [6.07, 6.45) is 3.00. The van der Waals surface area contributed by atoms with Gasteiger partial charge >= 0.3 is 0 Å². The Morgan fingerprint density at radius 3 is 3.00 bits per heavy atom. The topological polar surface area (TPSA) is 55.1 Å². The van der Waals surface area contributed by atoms with Crippen LogP contribution in [-0.2, 0) is 7.05 Å². The van der Waals surface area contributed by atoms with Gasteiger partial charge in [0.25, 0.3) is 0 Å². The molecule has 0 bridgehead atoms. The first-order chi connectivity index (χ1) is 4.74. The van der Waals surface area contributed by atoms with Gasteiger partial charge in [0.1, 0.15) is 6.61 Å². The fourth-order valence-corrected chi connectivity index (χ4v) is 0.657. The number of hydrogen-bond acceptors (Lipinski definition) is 3. The molecular weight excluding hydrogens is 132 g/mol. The number of nitrogens with zero attached hydrogens (tertiary/aromatic N) is 2. The fourth-order valence-electron chi connectivity index (χ4n) is 0.657. The maximum Gasteiger partial charge on any atom is 0.191 e. The van der Waals surface area contributed by atoms with Gasteiger partial charge in [-0.15, -0.1) is 0 Å². The molecule has 1 N–H and O–H groups in total. The van der Waals surface area contributed by atoms with Crippen LogP contribution >= 0.6 is 0 Å². The van der Waals surface area contributed by atoms with Crippen molar-refractivity contribution in [3.63, 3.8) is 0 Å². The smallest absolute Gasteiger partial charge is 0.191 e. The van der Waals surface area contributed by atoms with Crippen LogP contribution in [0.15, 0.2) is 12.4 Å². The minimum Gasteiger partial charge on any atom is -0.388 e. The zero-order valence-electron chi connectivity index (χ0n) is 5.61. The van der Waals surface area contributed by atoms with E-state index >= 15 is 0 Å². The van der Waals surface area contributed by atoms with Gasteiger partial charge in [0.05, 0.1) is 11.8 Å². The lowest BCUT2D eigenvalue weighted by atomic mass is 10.2. The van der Waals surface area contributed by atoms with E-state index in [0.717, 1.165) is 0 Å². The zero-order chi connectivity index (χ0) is 7.56. The predicted octanol–water partition coefficient (Wildman–Crippen LogP) is -0.405. The van der Waals surface area contributed by atoms with Crippen LogP contribution in [0.5, 0.6) is 0 Å². The summed E-state index contributed by atoms with van der Waals surface area (Å²) >= 11 is 0. The first-order valence-electron chi connectivity index (χ1n) is 2.86. The highest BCUT2D eigenvalue weighted by Crippen LogP contribution is 1.95. The Labute approximate surface area is 58.1 Å². The minimum absolute atomic E-state index is 0.298. The highest BCUT2D eigenvalue weighted by molar-refractivity contribution is 5.96. The van der Waals surface area contributed by atoms with E-state index in [1.807, 2.05) is 0 Å². The number of rotatable bonds is 2. The lowest BCUT2D eigenvalue weighted by Gasteiger charge is -1.86. The number of aliphatic hydroxyl groups is 1. The van der Waals surface area contributed by atoms with E-state index in [1.165, 1.54) is 10.9 Å². The lowest BCUT2D eigenvalue weighted by Crippen LogP contribution is -2.02. The van der Waals surface area contributed by atoms with Crippen LogP contribution in [-0.4, -0.2) is 27.3 Å². The van der Waals surface area contributed by atoms with Crippen molar-refractivity contribution >= 4 is 5.78 Å². The molecule has 4 nitrogen and oxygen atoms in total. The molecule has 1 aromatic rings. The molecule has 1 rings (SSSR count). The number of carbonyl (C=O) groups is 1.